The highest BCUT2D eigenvalue weighted by atomic mass is 35.5. The van der Waals surface area contributed by atoms with Crippen molar-refractivity contribution in [3.8, 4) is 17.3 Å². The van der Waals surface area contributed by atoms with Gasteiger partial charge in [-0.3, -0.25) is 5.32 Å². The van der Waals surface area contributed by atoms with Crippen molar-refractivity contribution in [3.63, 3.8) is 0 Å². The fraction of sp³-hybridized carbons (Fsp3) is 0.143. The van der Waals surface area contributed by atoms with Crippen molar-refractivity contribution >= 4 is 51.5 Å². The molecule has 0 saturated carbocycles. The van der Waals surface area contributed by atoms with Crippen LogP contribution in [0.2, 0.25) is 5.02 Å². The molecule has 2 aromatic heterocycles. The molecule has 0 aliphatic rings. The number of ether oxygens (including phenoxy) is 1. The summed E-state index contributed by atoms with van der Waals surface area (Å²) in [5, 5.41) is 16.2. The highest BCUT2D eigenvalue weighted by molar-refractivity contribution is 6.30. The Labute approximate surface area is 266 Å². The molecule has 45 heavy (non-hydrogen) atoms. The largest absolute Gasteiger partial charge is 0.438 e. The first-order valence-electron chi connectivity index (χ1n) is 14.7. The molecule has 0 radical (unpaired) electrons. The van der Waals surface area contributed by atoms with Gasteiger partial charge in [-0.1, -0.05) is 66.9 Å². The summed E-state index contributed by atoms with van der Waals surface area (Å²) in [6.45, 7) is 4.19. The van der Waals surface area contributed by atoms with Crippen LogP contribution in [0.3, 0.4) is 0 Å². The lowest BCUT2D eigenvalue weighted by Crippen LogP contribution is -2.21. The maximum absolute atomic E-state index is 13.3. The predicted molar refractivity (Wildman–Crippen MR) is 180 cm³/mol. The van der Waals surface area contributed by atoms with E-state index in [1.54, 1.807) is 29.1 Å². The molecule has 0 bridgehead atoms. The number of urea groups is 1. The molecule has 2 heterocycles. The summed E-state index contributed by atoms with van der Waals surface area (Å²) in [6, 6.07) is 29.9. The van der Waals surface area contributed by atoms with Gasteiger partial charge in [-0.2, -0.15) is 10.1 Å². The Bertz CT molecular complexity index is 1940. The molecule has 6 rings (SSSR count). The number of anilines is 4. The smallest absolute Gasteiger partial charge is 0.324 e. The molecule has 0 aliphatic carbocycles. The average Bonchev–Trinajstić information content (AvgIpc) is 3.45. The first kappa shape index (κ1) is 29.7. The van der Waals surface area contributed by atoms with Crippen LogP contribution in [0.4, 0.5) is 27.9 Å². The zero-order chi connectivity index (χ0) is 31.2. The van der Waals surface area contributed by atoms with Crippen LogP contribution in [0.5, 0.6) is 11.6 Å². The van der Waals surface area contributed by atoms with Crippen molar-refractivity contribution in [2.45, 2.75) is 33.1 Å². The summed E-state index contributed by atoms with van der Waals surface area (Å²) in [5.74, 6) is 1.94. The number of aromatic nitrogens is 4. The second-order valence-electron chi connectivity index (χ2n) is 10.6. The van der Waals surface area contributed by atoms with Crippen LogP contribution in [-0.2, 0) is 6.42 Å². The molecule has 6 aromatic rings. The van der Waals surface area contributed by atoms with E-state index in [9.17, 15) is 4.79 Å². The van der Waals surface area contributed by atoms with Crippen molar-refractivity contribution in [1.29, 1.82) is 0 Å². The predicted octanol–water partition coefficient (Wildman–Crippen LogP) is 9.30. The number of carbonyl (C=O) groups excluding carboxylic acids is 1. The molecular formula is C35H32ClN7O2. The number of fused-ring (bicyclic) bond motifs is 1. The van der Waals surface area contributed by atoms with Crippen molar-refractivity contribution in [3.05, 3.63) is 120 Å². The van der Waals surface area contributed by atoms with Crippen molar-refractivity contribution < 1.29 is 9.53 Å². The minimum atomic E-state index is -0.377. The number of hydrogen-bond donors (Lipinski definition) is 3. The van der Waals surface area contributed by atoms with Gasteiger partial charge in [0.05, 0.1) is 17.1 Å². The number of unbranched alkanes of at least 4 members (excludes halogenated alkanes) is 1. The Balaban J connectivity index is 1.21. The summed E-state index contributed by atoms with van der Waals surface area (Å²) in [5.41, 5.74) is 4.39. The van der Waals surface area contributed by atoms with Crippen LogP contribution < -0.4 is 20.7 Å². The number of benzene rings is 4. The SMILES string of the molecule is CCCCc1cc(NC(=O)Nc2ccc(Oc3ccnc(Nc4ccc(Cl)cc4)n3)c3ccccc23)n(-c2ccc(C)cc2)n1. The Kier molecular flexibility index (Phi) is 8.89. The van der Waals surface area contributed by atoms with Gasteiger partial charge in [0.2, 0.25) is 11.8 Å². The van der Waals surface area contributed by atoms with Crippen LogP contribution in [0, 0.1) is 6.92 Å². The van der Waals surface area contributed by atoms with E-state index in [4.69, 9.17) is 21.4 Å². The standard InChI is InChI=1S/C35H32ClN7O2/c1-3-4-7-26-22-32(43(42-26)27-16-10-23(2)11-17-27)40-35(44)39-30-18-19-31(29-9-6-5-8-28(29)30)45-33-20-21-37-34(41-33)38-25-14-12-24(36)13-15-25/h5-6,8-22H,3-4,7H2,1-2H3,(H,37,38,41)(H2,39,40,44). The topological polar surface area (TPSA) is 106 Å². The van der Waals surface area contributed by atoms with E-state index in [2.05, 4.69) is 32.8 Å². The number of carbonyl (C=O) groups is 1. The third-order valence-corrected chi connectivity index (χ3v) is 7.40. The van der Waals surface area contributed by atoms with E-state index in [0.717, 1.165) is 52.7 Å². The lowest BCUT2D eigenvalue weighted by Gasteiger charge is -2.14. The van der Waals surface area contributed by atoms with E-state index in [-0.39, 0.29) is 6.03 Å². The first-order chi connectivity index (χ1) is 21.9. The molecule has 10 heteroatoms. The maximum atomic E-state index is 13.3. The molecule has 0 atom stereocenters. The zero-order valence-corrected chi connectivity index (χ0v) is 25.7. The van der Waals surface area contributed by atoms with Gasteiger partial charge in [-0.15, -0.1) is 0 Å². The van der Waals surface area contributed by atoms with E-state index in [0.29, 0.717) is 34.1 Å². The number of amides is 2. The molecule has 0 saturated heterocycles. The van der Waals surface area contributed by atoms with Gasteiger partial charge in [-0.05, 0) is 68.3 Å². The number of nitrogens with zero attached hydrogens (tertiary/aromatic N) is 4. The summed E-state index contributed by atoms with van der Waals surface area (Å²) < 4.78 is 7.98. The summed E-state index contributed by atoms with van der Waals surface area (Å²) in [6.07, 6.45) is 4.54. The number of aryl methyl sites for hydroxylation is 2. The zero-order valence-electron chi connectivity index (χ0n) is 24.9. The summed E-state index contributed by atoms with van der Waals surface area (Å²) in [7, 11) is 0. The van der Waals surface area contributed by atoms with E-state index in [1.807, 2.05) is 85.8 Å². The van der Waals surface area contributed by atoms with E-state index in [1.165, 1.54) is 0 Å². The maximum Gasteiger partial charge on any atom is 0.324 e. The normalized spacial score (nSPS) is 10.9. The van der Waals surface area contributed by atoms with Crippen LogP contribution in [0.1, 0.15) is 31.0 Å². The van der Waals surface area contributed by atoms with Crippen LogP contribution in [0.15, 0.2) is 103 Å². The van der Waals surface area contributed by atoms with Crippen LogP contribution in [-0.4, -0.2) is 25.8 Å². The van der Waals surface area contributed by atoms with Gasteiger partial charge in [0.25, 0.3) is 0 Å². The second-order valence-corrected chi connectivity index (χ2v) is 11.0. The highest BCUT2D eigenvalue weighted by Crippen LogP contribution is 2.34. The summed E-state index contributed by atoms with van der Waals surface area (Å²) in [4.78, 5) is 22.1. The molecule has 0 fully saturated rings. The number of hydrogen-bond acceptors (Lipinski definition) is 6. The molecule has 4 aromatic carbocycles. The fourth-order valence-corrected chi connectivity index (χ4v) is 4.98. The molecule has 3 N–H and O–H groups in total. The minimum Gasteiger partial charge on any atom is -0.438 e. The Morgan fingerprint density at radius 3 is 2.47 bits per heavy atom. The quantitative estimate of drug-likeness (QED) is 0.141. The van der Waals surface area contributed by atoms with Crippen LogP contribution in [0.25, 0.3) is 16.5 Å². The van der Waals surface area contributed by atoms with Gasteiger partial charge in [0.1, 0.15) is 11.6 Å². The minimum absolute atomic E-state index is 0.369. The fourth-order valence-electron chi connectivity index (χ4n) is 4.86. The van der Waals surface area contributed by atoms with Gasteiger partial charge in [0, 0.05) is 39.8 Å². The van der Waals surface area contributed by atoms with Gasteiger partial charge in [-0.25, -0.2) is 14.5 Å². The lowest BCUT2D eigenvalue weighted by atomic mass is 10.1. The molecule has 2 amide bonds. The lowest BCUT2D eigenvalue weighted by molar-refractivity contribution is 0.262. The summed E-state index contributed by atoms with van der Waals surface area (Å²) >= 11 is 5.99. The van der Waals surface area contributed by atoms with Crippen molar-refractivity contribution in [1.82, 2.24) is 19.7 Å². The second kappa shape index (κ2) is 13.5. The Morgan fingerprint density at radius 2 is 1.69 bits per heavy atom. The van der Waals surface area contributed by atoms with Crippen molar-refractivity contribution in [2.24, 2.45) is 0 Å². The molecule has 0 unspecified atom stereocenters. The molecule has 0 aliphatic heterocycles. The van der Waals surface area contributed by atoms with Gasteiger partial charge >= 0.3 is 6.03 Å². The monoisotopic (exact) mass is 617 g/mol. The Hall–Kier alpha value is -5.41. The highest BCUT2D eigenvalue weighted by Gasteiger charge is 2.15. The molecule has 0 spiro atoms. The number of halogens is 1. The Morgan fingerprint density at radius 1 is 0.911 bits per heavy atom. The van der Waals surface area contributed by atoms with Gasteiger partial charge < -0.3 is 15.4 Å². The van der Waals surface area contributed by atoms with Crippen molar-refractivity contribution in [2.75, 3.05) is 16.0 Å². The molecular weight excluding hydrogens is 586 g/mol. The third-order valence-electron chi connectivity index (χ3n) is 7.14. The number of rotatable bonds is 10. The molecule has 226 valence electrons. The van der Waals surface area contributed by atoms with Gasteiger partial charge in [0.15, 0.2) is 0 Å². The van der Waals surface area contributed by atoms with E-state index < -0.39 is 0 Å². The van der Waals surface area contributed by atoms with E-state index >= 15 is 0 Å². The molecule has 9 nitrogen and oxygen atoms in total. The average molecular weight is 618 g/mol. The van der Waals surface area contributed by atoms with Crippen LogP contribution >= 0.6 is 11.6 Å². The first-order valence-corrected chi connectivity index (χ1v) is 15.1. The number of nitrogens with one attached hydrogen (secondary N) is 3. The third kappa shape index (κ3) is 7.22.